The van der Waals surface area contributed by atoms with Crippen LogP contribution in [-0.4, -0.2) is 6.61 Å². The van der Waals surface area contributed by atoms with E-state index in [1.807, 2.05) is 0 Å². The van der Waals surface area contributed by atoms with Gasteiger partial charge in [0.2, 0.25) is 0 Å². The molecule has 3 rings (SSSR count). The van der Waals surface area contributed by atoms with Crippen LogP contribution in [0, 0.1) is 5.92 Å². The van der Waals surface area contributed by atoms with Gasteiger partial charge in [-0.25, -0.2) is 0 Å². The first kappa shape index (κ1) is 7.19. The Morgan fingerprint density at radius 2 is 2.08 bits per heavy atom. The SMILES string of the molecule is C=C1OC[C@@H]2C[C@]12c1ccccc1. The predicted molar refractivity (Wildman–Crippen MR) is 51.3 cm³/mol. The second kappa shape index (κ2) is 2.16. The fourth-order valence-electron chi connectivity index (χ4n) is 2.45. The molecule has 0 amide bonds. The van der Waals surface area contributed by atoms with E-state index in [1.165, 1.54) is 12.0 Å². The Hall–Kier alpha value is -1.24. The molecule has 13 heavy (non-hydrogen) atoms. The Morgan fingerprint density at radius 3 is 2.62 bits per heavy atom. The molecule has 1 saturated heterocycles. The van der Waals surface area contributed by atoms with Gasteiger partial charge in [0.05, 0.1) is 17.8 Å². The first-order valence-electron chi connectivity index (χ1n) is 4.72. The van der Waals surface area contributed by atoms with E-state index in [-0.39, 0.29) is 5.41 Å². The number of ether oxygens (including phenoxy) is 1. The highest BCUT2D eigenvalue weighted by Gasteiger charge is 2.62. The van der Waals surface area contributed by atoms with Crippen LogP contribution >= 0.6 is 0 Å². The van der Waals surface area contributed by atoms with Gasteiger partial charge >= 0.3 is 0 Å². The van der Waals surface area contributed by atoms with E-state index in [4.69, 9.17) is 4.74 Å². The van der Waals surface area contributed by atoms with Crippen molar-refractivity contribution in [1.82, 2.24) is 0 Å². The Labute approximate surface area is 78.0 Å². The minimum absolute atomic E-state index is 0.196. The maximum atomic E-state index is 5.48. The van der Waals surface area contributed by atoms with Gasteiger partial charge in [-0.3, -0.25) is 0 Å². The van der Waals surface area contributed by atoms with Crippen molar-refractivity contribution in [2.24, 2.45) is 5.92 Å². The average molecular weight is 172 g/mol. The third kappa shape index (κ3) is 0.769. The summed E-state index contributed by atoms with van der Waals surface area (Å²) in [6.07, 6.45) is 1.23. The topological polar surface area (TPSA) is 9.23 Å². The van der Waals surface area contributed by atoms with Gasteiger partial charge in [-0.15, -0.1) is 0 Å². The Balaban J connectivity index is 2.07. The van der Waals surface area contributed by atoms with E-state index in [2.05, 4.69) is 36.9 Å². The number of hydrogen-bond donors (Lipinski definition) is 0. The first-order chi connectivity index (χ1) is 6.34. The van der Waals surface area contributed by atoms with E-state index in [0.29, 0.717) is 5.92 Å². The minimum atomic E-state index is 0.196. The van der Waals surface area contributed by atoms with Gasteiger partial charge in [-0.05, 0) is 12.0 Å². The van der Waals surface area contributed by atoms with Crippen LogP contribution < -0.4 is 0 Å². The van der Waals surface area contributed by atoms with Crippen molar-refractivity contribution in [3.8, 4) is 0 Å². The Bertz CT molecular complexity index is 355. The maximum absolute atomic E-state index is 5.48. The Kier molecular flexibility index (Phi) is 1.20. The molecule has 0 N–H and O–H groups in total. The van der Waals surface area contributed by atoms with Crippen molar-refractivity contribution in [1.29, 1.82) is 0 Å². The number of fused-ring (bicyclic) bond motifs is 1. The molecular formula is C12H12O. The zero-order valence-electron chi connectivity index (χ0n) is 7.49. The summed E-state index contributed by atoms with van der Waals surface area (Å²) in [7, 11) is 0. The largest absolute Gasteiger partial charge is 0.497 e. The van der Waals surface area contributed by atoms with E-state index >= 15 is 0 Å². The first-order valence-corrected chi connectivity index (χ1v) is 4.72. The summed E-state index contributed by atoms with van der Waals surface area (Å²) in [5, 5.41) is 0. The van der Waals surface area contributed by atoms with Crippen molar-refractivity contribution in [3.63, 3.8) is 0 Å². The van der Waals surface area contributed by atoms with Crippen molar-refractivity contribution >= 4 is 0 Å². The lowest BCUT2D eigenvalue weighted by molar-refractivity contribution is 0.230. The molecule has 2 atom stereocenters. The van der Waals surface area contributed by atoms with Crippen LogP contribution in [0.2, 0.25) is 0 Å². The predicted octanol–water partition coefficient (Wildman–Crippen LogP) is 2.49. The van der Waals surface area contributed by atoms with Crippen LogP contribution in [-0.2, 0) is 10.2 Å². The summed E-state index contributed by atoms with van der Waals surface area (Å²) in [5.41, 5.74) is 1.57. The molecule has 2 aliphatic rings. The van der Waals surface area contributed by atoms with Crippen molar-refractivity contribution < 1.29 is 4.74 Å². The molecule has 1 saturated carbocycles. The normalized spacial score (nSPS) is 35.4. The highest BCUT2D eigenvalue weighted by molar-refractivity contribution is 5.44. The van der Waals surface area contributed by atoms with Crippen LogP contribution in [0.4, 0.5) is 0 Å². The van der Waals surface area contributed by atoms with Crippen LogP contribution in [0.3, 0.4) is 0 Å². The van der Waals surface area contributed by atoms with Gasteiger partial charge in [0.25, 0.3) is 0 Å². The van der Waals surface area contributed by atoms with Crippen LogP contribution in [0.25, 0.3) is 0 Å². The monoisotopic (exact) mass is 172 g/mol. The second-order valence-electron chi connectivity index (χ2n) is 3.97. The van der Waals surface area contributed by atoms with E-state index in [0.717, 1.165) is 12.4 Å². The second-order valence-corrected chi connectivity index (χ2v) is 3.97. The summed E-state index contributed by atoms with van der Waals surface area (Å²) < 4.78 is 5.48. The molecule has 1 nitrogen and oxygen atoms in total. The van der Waals surface area contributed by atoms with E-state index < -0.39 is 0 Å². The van der Waals surface area contributed by atoms with Gasteiger partial charge in [0.1, 0.15) is 0 Å². The molecule has 1 aliphatic heterocycles. The van der Waals surface area contributed by atoms with E-state index in [9.17, 15) is 0 Å². The minimum Gasteiger partial charge on any atom is -0.497 e. The molecule has 0 bridgehead atoms. The molecule has 0 aromatic heterocycles. The lowest BCUT2D eigenvalue weighted by Gasteiger charge is -2.13. The van der Waals surface area contributed by atoms with Crippen molar-refractivity contribution in [2.45, 2.75) is 11.8 Å². The van der Waals surface area contributed by atoms with Gasteiger partial charge in [-0.2, -0.15) is 0 Å². The van der Waals surface area contributed by atoms with Gasteiger partial charge in [0.15, 0.2) is 0 Å². The summed E-state index contributed by atoms with van der Waals surface area (Å²) in [6, 6.07) is 10.6. The molecule has 66 valence electrons. The standard InChI is InChI=1S/C12H12O/c1-9-12(7-11(12)8-13-9)10-5-3-2-4-6-10/h2-6,11H,1,7-8H2/t11-,12+/m0/s1. The van der Waals surface area contributed by atoms with Gasteiger partial charge < -0.3 is 4.74 Å². The summed E-state index contributed by atoms with van der Waals surface area (Å²) >= 11 is 0. The third-order valence-corrected chi connectivity index (χ3v) is 3.35. The van der Waals surface area contributed by atoms with Crippen LogP contribution in [0.5, 0.6) is 0 Å². The Morgan fingerprint density at radius 1 is 1.31 bits per heavy atom. The van der Waals surface area contributed by atoms with E-state index in [1.54, 1.807) is 0 Å². The molecule has 1 heteroatoms. The third-order valence-electron chi connectivity index (χ3n) is 3.35. The molecule has 0 spiro atoms. The number of benzene rings is 1. The molecule has 2 fully saturated rings. The fraction of sp³-hybridized carbons (Fsp3) is 0.333. The van der Waals surface area contributed by atoms with Crippen LogP contribution in [0.15, 0.2) is 42.7 Å². The molecule has 1 aliphatic carbocycles. The van der Waals surface area contributed by atoms with Crippen LogP contribution in [0.1, 0.15) is 12.0 Å². The van der Waals surface area contributed by atoms with Gasteiger partial charge in [0, 0.05) is 5.92 Å². The smallest absolute Gasteiger partial charge is 0.0998 e. The molecule has 0 radical (unpaired) electrons. The number of hydrogen-bond acceptors (Lipinski definition) is 1. The van der Waals surface area contributed by atoms with Crippen molar-refractivity contribution in [3.05, 3.63) is 48.2 Å². The number of rotatable bonds is 1. The lowest BCUT2D eigenvalue weighted by Crippen LogP contribution is -2.07. The molecule has 1 heterocycles. The molecule has 1 aromatic rings. The highest BCUT2D eigenvalue weighted by Crippen LogP contribution is 2.63. The summed E-state index contributed by atoms with van der Waals surface area (Å²) in [4.78, 5) is 0. The summed E-state index contributed by atoms with van der Waals surface area (Å²) in [6.45, 7) is 4.87. The molecule has 1 aromatic carbocycles. The molecular weight excluding hydrogens is 160 g/mol. The highest BCUT2D eigenvalue weighted by atomic mass is 16.5. The lowest BCUT2D eigenvalue weighted by atomic mass is 9.93. The summed E-state index contributed by atoms with van der Waals surface area (Å²) in [5.74, 6) is 1.67. The molecule has 0 unspecified atom stereocenters. The van der Waals surface area contributed by atoms with Gasteiger partial charge in [-0.1, -0.05) is 36.9 Å². The number of allylic oxidation sites excluding steroid dienone is 1. The van der Waals surface area contributed by atoms with Crippen molar-refractivity contribution in [2.75, 3.05) is 6.61 Å². The fourth-order valence-corrected chi connectivity index (χ4v) is 2.45. The zero-order chi connectivity index (χ0) is 8.89. The zero-order valence-corrected chi connectivity index (χ0v) is 7.49. The maximum Gasteiger partial charge on any atom is 0.0998 e. The quantitative estimate of drug-likeness (QED) is 0.632. The average Bonchev–Trinajstić information content (AvgIpc) is 2.84.